The van der Waals surface area contributed by atoms with E-state index in [1.54, 1.807) is 0 Å². The number of aromatic nitrogens is 2. The van der Waals surface area contributed by atoms with Gasteiger partial charge >= 0.3 is 6.18 Å². The van der Waals surface area contributed by atoms with Crippen LogP contribution >= 0.6 is 0 Å². The lowest BCUT2D eigenvalue weighted by atomic mass is 10.1. The van der Waals surface area contributed by atoms with Gasteiger partial charge in [0.1, 0.15) is 6.54 Å². The van der Waals surface area contributed by atoms with E-state index in [9.17, 15) is 18.0 Å². The van der Waals surface area contributed by atoms with Gasteiger partial charge < -0.3 is 5.32 Å². The van der Waals surface area contributed by atoms with Crippen molar-refractivity contribution < 1.29 is 18.0 Å². The molecule has 1 aliphatic carbocycles. The minimum absolute atomic E-state index is 0.0768. The number of hydrogen-bond acceptors (Lipinski definition) is 2. The number of benzene rings is 1. The number of hydrogen-bond donors (Lipinski definition) is 1. The fourth-order valence-electron chi connectivity index (χ4n) is 2.65. The Balaban J connectivity index is 1.71. The van der Waals surface area contributed by atoms with Crippen LogP contribution in [0.4, 0.5) is 13.2 Å². The molecule has 1 aromatic heterocycles. The Labute approximate surface area is 137 Å². The maximum absolute atomic E-state index is 12.9. The predicted molar refractivity (Wildman–Crippen MR) is 82.2 cm³/mol. The van der Waals surface area contributed by atoms with E-state index in [4.69, 9.17) is 0 Å². The van der Waals surface area contributed by atoms with Crippen LogP contribution in [-0.2, 0) is 17.5 Å². The molecule has 1 atom stereocenters. The molecule has 0 unspecified atom stereocenters. The summed E-state index contributed by atoms with van der Waals surface area (Å²) in [5.74, 6) is -0.280. The van der Waals surface area contributed by atoms with Gasteiger partial charge in [0.15, 0.2) is 5.69 Å². The van der Waals surface area contributed by atoms with E-state index >= 15 is 0 Å². The summed E-state index contributed by atoms with van der Waals surface area (Å²) in [6, 6.07) is 10.2. The quantitative estimate of drug-likeness (QED) is 0.905. The minimum Gasteiger partial charge on any atom is -0.348 e. The van der Waals surface area contributed by atoms with Crippen LogP contribution in [0, 0.1) is 0 Å². The molecule has 1 N–H and O–H groups in total. The topological polar surface area (TPSA) is 46.9 Å². The van der Waals surface area contributed by atoms with Gasteiger partial charge in [0.05, 0.1) is 6.04 Å². The third-order valence-electron chi connectivity index (χ3n) is 4.07. The van der Waals surface area contributed by atoms with E-state index in [0.29, 0.717) is 5.69 Å². The molecular weight excluding hydrogens is 319 g/mol. The minimum atomic E-state index is -4.50. The molecule has 4 nitrogen and oxygen atoms in total. The summed E-state index contributed by atoms with van der Waals surface area (Å²) in [6.07, 6.45) is -2.82. The van der Waals surface area contributed by atoms with Crippen LogP contribution in [0.15, 0.2) is 36.4 Å². The molecule has 0 bridgehead atoms. The average Bonchev–Trinajstić information content (AvgIpc) is 3.28. The zero-order valence-electron chi connectivity index (χ0n) is 13.2. The lowest BCUT2D eigenvalue weighted by Crippen LogP contribution is -2.31. The van der Waals surface area contributed by atoms with Gasteiger partial charge in [0.2, 0.25) is 5.91 Å². The number of nitrogens with zero attached hydrogens (tertiary/aromatic N) is 2. The summed E-state index contributed by atoms with van der Waals surface area (Å²) in [7, 11) is 0. The van der Waals surface area contributed by atoms with Gasteiger partial charge in [-0.2, -0.15) is 18.3 Å². The van der Waals surface area contributed by atoms with Crippen molar-refractivity contribution in [1.82, 2.24) is 15.1 Å². The van der Waals surface area contributed by atoms with Gasteiger partial charge in [-0.15, -0.1) is 0 Å². The molecular formula is C17H18F3N3O. The Morgan fingerprint density at radius 1 is 1.33 bits per heavy atom. The Hall–Kier alpha value is -2.31. The molecule has 3 rings (SSSR count). The molecule has 128 valence electrons. The van der Waals surface area contributed by atoms with Crippen LogP contribution in [0.5, 0.6) is 0 Å². The molecule has 0 radical (unpaired) electrons. The third kappa shape index (κ3) is 3.77. The molecule has 1 amide bonds. The standard InChI is InChI=1S/C17H18F3N3O/c1-11(12-5-3-2-4-6-12)21-16(24)10-23-14(13-7-8-13)9-15(22-23)17(18,19)20/h2-6,9,11,13H,7-8,10H2,1H3,(H,21,24)/t11-/m0/s1. The molecule has 0 saturated heterocycles. The summed E-state index contributed by atoms with van der Waals surface area (Å²) in [6.45, 7) is 1.62. The maximum atomic E-state index is 12.9. The van der Waals surface area contributed by atoms with Crippen molar-refractivity contribution in [2.24, 2.45) is 0 Å². The number of rotatable bonds is 5. The van der Waals surface area contributed by atoms with Gasteiger partial charge in [-0.25, -0.2) is 0 Å². The average molecular weight is 337 g/mol. The highest BCUT2D eigenvalue weighted by Gasteiger charge is 2.38. The fraction of sp³-hybridized carbons (Fsp3) is 0.412. The fourth-order valence-corrected chi connectivity index (χ4v) is 2.65. The smallest absolute Gasteiger partial charge is 0.348 e. The van der Waals surface area contributed by atoms with Crippen molar-refractivity contribution >= 4 is 5.91 Å². The first-order valence-electron chi connectivity index (χ1n) is 7.84. The summed E-state index contributed by atoms with van der Waals surface area (Å²) in [4.78, 5) is 12.2. The molecule has 24 heavy (non-hydrogen) atoms. The molecule has 1 fully saturated rings. The van der Waals surface area contributed by atoms with E-state index in [-0.39, 0.29) is 24.4 Å². The molecule has 1 saturated carbocycles. The van der Waals surface area contributed by atoms with Crippen LogP contribution in [0.25, 0.3) is 0 Å². The molecule has 1 aromatic carbocycles. The highest BCUT2D eigenvalue weighted by atomic mass is 19.4. The summed E-state index contributed by atoms with van der Waals surface area (Å²) >= 11 is 0. The largest absolute Gasteiger partial charge is 0.435 e. The molecule has 2 aromatic rings. The van der Waals surface area contributed by atoms with Crippen LogP contribution < -0.4 is 5.32 Å². The Bertz CT molecular complexity index is 720. The molecule has 0 spiro atoms. The number of amides is 1. The first-order valence-corrected chi connectivity index (χ1v) is 7.84. The van der Waals surface area contributed by atoms with Crippen molar-refractivity contribution in [3.63, 3.8) is 0 Å². The second kappa shape index (κ2) is 6.30. The van der Waals surface area contributed by atoms with E-state index in [0.717, 1.165) is 24.5 Å². The number of halogens is 3. The molecule has 1 aliphatic rings. The second-order valence-electron chi connectivity index (χ2n) is 6.08. The second-order valence-corrected chi connectivity index (χ2v) is 6.08. The number of carbonyl (C=O) groups excluding carboxylic acids is 1. The zero-order chi connectivity index (χ0) is 17.3. The van der Waals surface area contributed by atoms with E-state index in [1.807, 2.05) is 37.3 Å². The normalized spacial score (nSPS) is 16.0. The third-order valence-corrected chi connectivity index (χ3v) is 4.07. The summed E-state index contributed by atoms with van der Waals surface area (Å²) in [5, 5.41) is 6.39. The number of carbonyl (C=O) groups is 1. The van der Waals surface area contributed by atoms with Crippen LogP contribution in [0.1, 0.15) is 48.7 Å². The zero-order valence-corrected chi connectivity index (χ0v) is 13.2. The lowest BCUT2D eigenvalue weighted by Gasteiger charge is -2.15. The van der Waals surface area contributed by atoms with Crippen molar-refractivity contribution in [3.8, 4) is 0 Å². The first kappa shape index (κ1) is 16.5. The van der Waals surface area contributed by atoms with Gasteiger partial charge in [0.25, 0.3) is 0 Å². The first-order chi connectivity index (χ1) is 11.3. The SMILES string of the molecule is C[C@H](NC(=O)Cn1nc(C(F)(F)F)cc1C1CC1)c1ccccc1. The van der Waals surface area contributed by atoms with Gasteiger partial charge in [0, 0.05) is 11.6 Å². The molecule has 1 heterocycles. The van der Waals surface area contributed by atoms with Crippen molar-refractivity contribution in [1.29, 1.82) is 0 Å². The van der Waals surface area contributed by atoms with E-state index in [2.05, 4.69) is 10.4 Å². The van der Waals surface area contributed by atoms with Crippen LogP contribution in [0.2, 0.25) is 0 Å². The summed E-state index contributed by atoms with van der Waals surface area (Å²) < 4.78 is 39.8. The monoisotopic (exact) mass is 337 g/mol. The predicted octanol–water partition coefficient (Wildman–Crippen LogP) is 3.66. The van der Waals surface area contributed by atoms with Gasteiger partial charge in [-0.1, -0.05) is 30.3 Å². The summed E-state index contributed by atoms with van der Waals surface area (Å²) in [5.41, 5.74) is 0.489. The van der Waals surface area contributed by atoms with E-state index < -0.39 is 11.9 Å². The highest BCUT2D eigenvalue weighted by Crippen LogP contribution is 2.42. The van der Waals surface area contributed by atoms with Crippen molar-refractivity contribution in [2.45, 2.75) is 44.4 Å². The Morgan fingerprint density at radius 2 is 2.00 bits per heavy atom. The number of alkyl halides is 3. The van der Waals surface area contributed by atoms with Gasteiger partial charge in [-0.05, 0) is 31.4 Å². The van der Waals surface area contributed by atoms with Crippen LogP contribution in [0.3, 0.4) is 0 Å². The Kier molecular flexibility index (Phi) is 4.34. The maximum Gasteiger partial charge on any atom is 0.435 e. The van der Waals surface area contributed by atoms with Crippen molar-refractivity contribution in [2.75, 3.05) is 0 Å². The number of nitrogens with one attached hydrogen (secondary N) is 1. The molecule has 7 heteroatoms. The lowest BCUT2D eigenvalue weighted by molar-refractivity contribution is -0.141. The molecule has 0 aliphatic heterocycles. The van der Waals surface area contributed by atoms with Crippen molar-refractivity contribution in [3.05, 3.63) is 53.3 Å². The highest BCUT2D eigenvalue weighted by molar-refractivity contribution is 5.76. The van der Waals surface area contributed by atoms with Crippen LogP contribution in [-0.4, -0.2) is 15.7 Å². The van der Waals surface area contributed by atoms with E-state index in [1.165, 1.54) is 4.68 Å². The Morgan fingerprint density at radius 3 is 2.58 bits per heavy atom. The van der Waals surface area contributed by atoms with Gasteiger partial charge in [-0.3, -0.25) is 9.48 Å².